The molecule has 1 N–H and O–H groups in total. The van der Waals surface area contributed by atoms with Crippen LogP contribution in [0.5, 0.6) is 5.75 Å². The molecule has 1 unspecified atom stereocenters. The summed E-state index contributed by atoms with van der Waals surface area (Å²) in [4.78, 5) is 23.3. The maximum absolute atomic E-state index is 11.8. The predicted molar refractivity (Wildman–Crippen MR) is 78.9 cm³/mol. The molecule has 1 aromatic carbocycles. The molecule has 0 radical (unpaired) electrons. The molecule has 1 amide bonds. The summed E-state index contributed by atoms with van der Waals surface area (Å²) in [5.41, 5.74) is 2.06. The third-order valence-electron chi connectivity index (χ3n) is 3.12. The zero-order chi connectivity index (χ0) is 15.3. The Kier molecular flexibility index (Phi) is 5.74. The van der Waals surface area contributed by atoms with E-state index in [1.54, 1.807) is 0 Å². The lowest BCUT2D eigenvalue weighted by Gasteiger charge is -2.19. The number of carbonyl (C=O) groups excluding carboxylic acids is 2. The first-order valence-corrected chi connectivity index (χ1v) is 6.81. The minimum Gasteiger partial charge on any atom is -0.483 e. The lowest BCUT2D eigenvalue weighted by Crippen LogP contribution is -2.45. The molecular formula is C16H23NO3. The highest BCUT2D eigenvalue weighted by Gasteiger charge is 2.20. The number of ketones is 1. The molecule has 0 spiro atoms. The highest BCUT2D eigenvalue weighted by molar-refractivity contribution is 5.88. The molecule has 0 aliphatic heterocycles. The van der Waals surface area contributed by atoms with Crippen LogP contribution in [0.2, 0.25) is 0 Å². The molecular weight excluding hydrogens is 254 g/mol. The van der Waals surface area contributed by atoms with Crippen molar-refractivity contribution in [2.75, 3.05) is 6.61 Å². The molecule has 0 saturated carbocycles. The SMILES string of the molecule is CC(=O)C(NC(=O)COc1cc(C)ccc1C)C(C)C. The Hall–Kier alpha value is -1.84. The minimum absolute atomic E-state index is 0.0416. The van der Waals surface area contributed by atoms with E-state index >= 15 is 0 Å². The Morgan fingerprint density at radius 3 is 2.45 bits per heavy atom. The maximum Gasteiger partial charge on any atom is 0.258 e. The van der Waals surface area contributed by atoms with Crippen LogP contribution in [0, 0.1) is 19.8 Å². The van der Waals surface area contributed by atoms with Crippen LogP contribution >= 0.6 is 0 Å². The summed E-state index contributed by atoms with van der Waals surface area (Å²) in [6.45, 7) is 9.10. The molecule has 0 aliphatic rings. The van der Waals surface area contributed by atoms with Crippen LogP contribution in [-0.4, -0.2) is 24.3 Å². The van der Waals surface area contributed by atoms with Crippen molar-refractivity contribution in [3.8, 4) is 5.75 Å². The Balaban J connectivity index is 2.59. The summed E-state index contributed by atoms with van der Waals surface area (Å²) in [5, 5.41) is 2.71. The van der Waals surface area contributed by atoms with Gasteiger partial charge in [-0.3, -0.25) is 9.59 Å². The van der Waals surface area contributed by atoms with Gasteiger partial charge >= 0.3 is 0 Å². The van der Waals surface area contributed by atoms with Crippen molar-refractivity contribution in [2.45, 2.75) is 40.7 Å². The van der Waals surface area contributed by atoms with Crippen LogP contribution in [0.4, 0.5) is 0 Å². The number of carbonyl (C=O) groups is 2. The zero-order valence-electron chi connectivity index (χ0n) is 12.8. The van der Waals surface area contributed by atoms with E-state index in [4.69, 9.17) is 4.74 Å². The zero-order valence-corrected chi connectivity index (χ0v) is 12.8. The predicted octanol–water partition coefficient (Wildman–Crippen LogP) is 2.41. The molecule has 4 heteroatoms. The highest BCUT2D eigenvalue weighted by Crippen LogP contribution is 2.18. The van der Waals surface area contributed by atoms with Crippen molar-refractivity contribution in [1.82, 2.24) is 5.32 Å². The van der Waals surface area contributed by atoms with E-state index in [1.807, 2.05) is 45.9 Å². The average Bonchev–Trinajstić information content (AvgIpc) is 2.36. The van der Waals surface area contributed by atoms with Crippen LogP contribution in [0.15, 0.2) is 18.2 Å². The third-order valence-corrected chi connectivity index (χ3v) is 3.12. The number of benzene rings is 1. The number of hydrogen-bond donors (Lipinski definition) is 1. The number of ether oxygens (including phenoxy) is 1. The second kappa shape index (κ2) is 7.08. The first kappa shape index (κ1) is 16.2. The van der Waals surface area contributed by atoms with E-state index in [-0.39, 0.29) is 24.2 Å². The molecule has 1 aromatic rings. The Labute approximate surface area is 120 Å². The van der Waals surface area contributed by atoms with E-state index < -0.39 is 6.04 Å². The Morgan fingerprint density at radius 1 is 1.25 bits per heavy atom. The number of aryl methyl sites for hydroxylation is 2. The van der Waals surface area contributed by atoms with Gasteiger partial charge in [0.1, 0.15) is 5.75 Å². The Morgan fingerprint density at radius 2 is 1.90 bits per heavy atom. The summed E-state index contributed by atoms with van der Waals surface area (Å²) in [6, 6.07) is 5.39. The van der Waals surface area contributed by atoms with Gasteiger partial charge in [0.25, 0.3) is 5.91 Å². The quantitative estimate of drug-likeness (QED) is 0.868. The lowest BCUT2D eigenvalue weighted by molar-refractivity contribution is -0.129. The van der Waals surface area contributed by atoms with E-state index in [2.05, 4.69) is 5.32 Å². The summed E-state index contributed by atoms with van der Waals surface area (Å²) >= 11 is 0. The summed E-state index contributed by atoms with van der Waals surface area (Å²) < 4.78 is 5.52. The number of hydrogen-bond acceptors (Lipinski definition) is 3. The van der Waals surface area contributed by atoms with Crippen molar-refractivity contribution in [1.29, 1.82) is 0 Å². The minimum atomic E-state index is -0.454. The molecule has 0 aliphatic carbocycles. The van der Waals surface area contributed by atoms with Crippen LogP contribution < -0.4 is 10.1 Å². The van der Waals surface area contributed by atoms with E-state index in [0.29, 0.717) is 5.75 Å². The van der Waals surface area contributed by atoms with Crippen molar-refractivity contribution in [2.24, 2.45) is 5.92 Å². The van der Waals surface area contributed by atoms with Gasteiger partial charge < -0.3 is 10.1 Å². The first-order chi connectivity index (χ1) is 9.31. The fourth-order valence-electron chi connectivity index (χ4n) is 1.96. The lowest BCUT2D eigenvalue weighted by atomic mass is 10.0. The summed E-state index contributed by atoms with van der Waals surface area (Å²) in [6.07, 6.45) is 0. The molecule has 1 rings (SSSR count). The number of amides is 1. The van der Waals surface area contributed by atoms with Crippen molar-refractivity contribution < 1.29 is 14.3 Å². The van der Waals surface area contributed by atoms with Gasteiger partial charge in [0.2, 0.25) is 0 Å². The number of rotatable bonds is 6. The van der Waals surface area contributed by atoms with Gasteiger partial charge in [0.15, 0.2) is 12.4 Å². The summed E-state index contributed by atoms with van der Waals surface area (Å²) in [7, 11) is 0. The largest absolute Gasteiger partial charge is 0.483 e. The molecule has 0 fully saturated rings. The van der Waals surface area contributed by atoms with Gasteiger partial charge in [0, 0.05) is 0 Å². The van der Waals surface area contributed by atoms with Gasteiger partial charge in [-0.05, 0) is 43.9 Å². The highest BCUT2D eigenvalue weighted by atomic mass is 16.5. The molecule has 0 aromatic heterocycles. The van der Waals surface area contributed by atoms with Crippen LogP contribution in [-0.2, 0) is 9.59 Å². The number of nitrogens with one attached hydrogen (secondary N) is 1. The second-order valence-electron chi connectivity index (χ2n) is 5.46. The van der Waals surface area contributed by atoms with Gasteiger partial charge in [-0.2, -0.15) is 0 Å². The van der Waals surface area contributed by atoms with Gasteiger partial charge in [-0.1, -0.05) is 26.0 Å². The van der Waals surface area contributed by atoms with Gasteiger partial charge in [0.05, 0.1) is 6.04 Å². The average molecular weight is 277 g/mol. The van der Waals surface area contributed by atoms with Crippen molar-refractivity contribution >= 4 is 11.7 Å². The monoisotopic (exact) mass is 277 g/mol. The van der Waals surface area contributed by atoms with E-state index in [0.717, 1.165) is 11.1 Å². The van der Waals surface area contributed by atoms with E-state index in [9.17, 15) is 9.59 Å². The van der Waals surface area contributed by atoms with E-state index in [1.165, 1.54) is 6.92 Å². The normalized spacial score (nSPS) is 12.1. The standard InChI is InChI=1S/C16H23NO3/c1-10(2)16(13(5)18)17-15(19)9-20-14-8-11(3)6-7-12(14)4/h6-8,10,16H,9H2,1-5H3,(H,17,19). The van der Waals surface area contributed by atoms with Crippen molar-refractivity contribution in [3.05, 3.63) is 29.3 Å². The summed E-state index contributed by atoms with van der Waals surface area (Å²) in [5.74, 6) is 0.445. The fraction of sp³-hybridized carbons (Fsp3) is 0.500. The van der Waals surface area contributed by atoms with Crippen molar-refractivity contribution in [3.63, 3.8) is 0 Å². The first-order valence-electron chi connectivity index (χ1n) is 6.81. The van der Waals surface area contributed by atoms with Crippen LogP contribution in [0.3, 0.4) is 0 Å². The number of Topliss-reactive ketones (excluding diaryl/α,β-unsaturated/α-hetero) is 1. The second-order valence-corrected chi connectivity index (χ2v) is 5.46. The fourth-order valence-corrected chi connectivity index (χ4v) is 1.96. The van der Waals surface area contributed by atoms with Gasteiger partial charge in [-0.15, -0.1) is 0 Å². The molecule has 0 heterocycles. The molecule has 0 saturated heterocycles. The Bertz CT molecular complexity index is 494. The maximum atomic E-state index is 11.8. The molecule has 20 heavy (non-hydrogen) atoms. The third kappa shape index (κ3) is 4.68. The molecule has 110 valence electrons. The van der Waals surface area contributed by atoms with Gasteiger partial charge in [-0.25, -0.2) is 0 Å². The molecule has 0 bridgehead atoms. The molecule has 1 atom stereocenters. The topological polar surface area (TPSA) is 55.4 Å². The molecule has 4 nitrogen and oxygen atoms in total. The van der Waals surface area contributed by atoms with Crippen LogP contribution in [0.25, 0.3) is 0 Å². The van der Waals surface area contributed by atoms with Crippen LogP contribution in [0.1, 0.15) is 31.9 Å². The smallest absolute Gasteiger partial charge is 0.258 e.